The lowest BCUT2D eigenvalue weighted by molar-refractivity contribution is 0.101. The van der Waals surface area contributed by atoms with Crippen LogP contribution in [0, 0.1) is 23.7 Å². The zero-order chi connectivity index (χ0) is 15.3. The van der Waals surface area contributed by atoms with Gasteiger partial charge in [-0.3, -0.25) is 4.79 Å². The summed E-state index contributed by atoms with van der Waals surface area (Å²) < 4.78 is 0. The number of unbranched alkanes of at least 4 members (excludes halogenated alkanes) is 4. The van der Waals surface area contributed by atoms with Gasteiger partial charge in [-0.2, -0.15) is 0 Å². The van der Waals surface area contributed by atoms with E-state index in [0.29, 0.717) is 5.56 Å². The summed E-state index contributed by atoms with van der Waals surface area (Å²) >= 11 is 0. The second-order valence-corrected chi connectivity index (χ2v) is 4.87. The van der Waals surface area contributed by atoms with Crippen molar-refractivity contribution in [2.24, 2.45) is 0 Å². The number of rotatable bonds is 5. The predicted octanol–water partition coefficient (Wildman–Crippen LogP) is 4.77. The molecular formula is C20H22O. The molecule has 0 bridgehead atoms. The van der Waals surface area contributed by atoms with Gasteiger partial charge in [-0.05, 0) is 37.6 Å². The standard InChI is InChI=1S/C20H22O/c1-3-4-5-6-7-8-9-10-11-12-13-19-14-16-20(17-15-19)18(2)21/h10-11,14-17H,3-7H2,1-2H3/b11-10-. The molecule has 0 aliphatic rings. The zero-order valence-corrected chi connectivity index (χ0v) is 12.9. The number of allylic oxidation sites excluding steroid dienone is 2. The molecule has 21 heavy (non-hydrogen) atoms. The van der Waals surface area contributed by atoms with Gasteiger partial charge in [0.2, 0.25) is 0 Å². The van der Waals surface area contributed by atoms with Crippen LogP contribution < -0.4 is 0 Å². The van der Waals surface area contributed by atoms with Gasteiger partial charge in [0.15, 0.2) is 5.78 Å². The van der Waals surface area contributed by atoms with E-state index in [9.17, 15) is 4.79 Å². The number of hydrogen-bond donors (Lipinski definition) is 0. The van der Waals surface area contributed by atoms with Crippen LogP contribution in [-0.2, 0) is 0 Å². The molecule has 0 fully saturated rings. The van der Waals surface area contributed by atoms with Crippen LogP contribution in [0.5, 0.6) is 0 Å². The molecule has 108 valence electrons. The number of hydrogen-bond acceptors (Lipinski definition) is 1. The number of carbonyl (C=O) groups is 1. The van der Waals surface area contributed by atoms with Crippen molar-refractivity contribution in [3.63, 3.8) is 0 Å². The van der Waals surface area contributed by atoms with Crippen molar-refractivity contribution in [1.29, 1.82) is 0 Å². The molecule has 0 aromatic heterocycles. The van der Waals surface area contributed by atoms with E-state index >= 15 is 0 Å². The van der Waals surface area contributed by atoms with Crippen LogP contribution >= 0.6 is 0 Å². The van der Waals surface area contributed by atoms with E-state index in [1.165, 1.54) is 25.7 Å². The molecule has 0 saturated carbocycles. The van der Waals surface area contributed by atoms with Gasteiger partial charge in [0.25, 0.3) is 0 Å². The first kappa shape index (κ1) is 16.8. The third-order valence-corrected chi connectivity index (χ3v) is 3.02. The van der Waals surface area contributed by atoms with Gasteiger partial charge in [0.05, 0.1) is 0 Å². The molecule has 0 radical (unpaired) electrons. The molecule has 0 spiro atoms. The summed E-state index contributed by atoms with van der Waals surface area (Å²) in [6.45, 7) is 3.77. The predicted molar refractivity (Wildman–Crippen MR) is 89.0 cm³/mol. The first-order valence-corrected chi connectivity index (χ1v) is 7.50. The summed E-state index contributed by atoms with van der Waals surface area (Å²) in [5.41, 5.74) is 1.61. The average molecular weight is 278 g/mol. The molecule has 1 aromatic carbocycles. The molecule has 1 aromatic rings. The molecule has 0 saturated heterocycles. The number of carbonyl (C=O) groups excluding carboxylic acids is 1. The van der Waals surface area contributed by atoms with Crippen LogP contribution in [0.25, 0.3) is 0 Å². The van der Waals surface area contributed by atoms with E-state index in [1.807, 2.05) is 12.1 Å². The van der Waals surface area contributed by atoms with Crippen LogP contribution in [0.4, 0.5) is 0 Å². The normalized spacial score (nSPS) is 9.62. The van der Waals surface area contributed by atoms with E-state index in [4.69, 9.17) is 0 Å². The Balaban J connectivity index is 2.36. The second-order valence-electron chi connectivity index (χ2n) is 4.87. The Morgan fingerprint density at radius 3 is 2.43 bits per heavy atom. The molecule has 0 atom stereocenters. The Bertz CT molecular complexity index is 583. The lowest BCUT2D eigenvalue weighted by atomic mass is 10.1. The largest absolute Gasteiger partial charge is 0.295 e. The number of Topliss-reactive ketones (excluding diaryl/α,β-unsaturated/α-hetero) is 1. The molecular weight excluding hydrogens is 256 g/mol. The van der Waals surface area contributed by atoms with E-state index in [-0.39, 0.29) is 5.78 Å². The Morgan fingerprint density at radius 1 is 1.05 bits per heavy atom. The molecule has 0 aliphatic heterocycles. The van der Waals surface area contributed by atoms with Crippen molar-refractivity contribution in [2.45, 2.75) is 46.0 Å². The molecule has 1 heteroatoms. The van der Waals surface area contributed by atoms with Gasteiger partial charge in [0, 0.05) is 17.5 Å². The summed E-state index contributed by atoms with van der Waals surface area (Å²) in [5.74, 6) is 12.1. The fourth-order valence-electron chi connectivity index (χ4n) is 1.77. The van der Waals surface area contributed by atoms with Gasteiger partial charge < -0.3 is 0 Å². The van der Waals surface area contributed by atoms with Crippen LogP contribution in [0.3, 0.4) is 0 Å². The fraction of sp³-hybridized carbons (Fsp3) is 0.350. The van der Waals surface area contributed by atoms with Gasteiger partial charge in [0.1, 0.15) is 0 Å². The minimum Gasteiger partial charge on any atom is -0.295 e. The van der Waals surface area contributed by atoms with Gasteiger partial charge in [-0.25, -0.2) is 0 Å². The lowest BCUT2D eigenvalue weighted by Crippen LogP contribution is -1.90. The topological polar surface area (TPSA) is 17.1 Å². The van der Waals surface area contributed by atoms with Crippen LogP contribution in [0.2, 0.25) is 0 Å². The molecule has 0 heterocycles. The first-order valence-electron chi connectivity index (χ1n) is 7.50. The van der Waals surface area contributed by atoms with Crippen LogP contribution in [0.1, 0.15) is 61.9 Å². The van der Waals surface area contributed by atoms with Crippen molar-refractivity contribution >= 4 is 5.78 Å². The minimum absolute atomic E-state index is 0.0728. The summed E-state index contributed by atoms with van der Waals surface area (Å²) in [7, 11) is 0. The van der Waals surface area contributed by atoms with Crippen molar-refractivity contribution in [2.75, 3.05) is 0 Å². The van der Waals surface area contributed by atoms with Gasteiger partial charge in [-0.15, -0.1) is 0 Å². The minimum atomic E-state index is 0.0728. The molecule has 1 rings (SSSR count). The van der Waals surface area contributed by atoms with E-state index < -0.39 is 0 Å². The Kier molecular flexibility index (Phi) is 8.42. The number of benzene rings is 1. The summed E-state index contributed by atoms with van der Waals surface area (Å²) in [6, 6.07) is 7.31. The van der Waals surface area contributed by atoms with Gasteiger partial charge >= 0.3 is 0 Å². The highest BCUT2D eigenvalue weighted by Gasteiger charge is 1.96. The first-order chi connectivity index (χ1) is 10.2. The Labute approximate surface area is 128 Å². The van der Waals surface area contributed by atoms with Gasteiger partial charge in [-0.1, -0.05) is 62.0 Å². The van der Waals surface area contributed by atoms with Crippen molar-refractivity contribution in [3.8, 4) is 23.7 Å². The van der Waals surface area contributed by atoms with Crippen molar-refractivity contribution < 1.29 is 4.79 Å². The van der Waals surface area contributed by atoms with Crippen LogP contribution in [0.15, 0.2) is 36.4 Å². The quantitative estimate of drug-likeness (QED) is 0.431. The van der Waals surface area contributed by atoms with E-state index in [0.717, 1.165) is 12.0 Å². The summed E-state index contributed by atoms with van der Waals surface area (Å²) in [5, 5.41) is 0. The molecule has 0 N–H and O–H groups in total. The molecule has 0 unspecified atom stereocenters. The number of ketones is 1. The Morgan fingerprint density at radius 2 is 1.76 bits per heavy atom. The molecule has 0 aliphatic carbocycles. The highest BCUT2D eigenvalue weighted by atomic mass is 16.1. The van der Waals surface area contributed by atoms with Crippen LogP contribution in [-0.4, -0.2) is 5.78 Å². The Hall–Kier alpha value is -2.25. The maximum Gasteiger partial charge on any atom is 0.159 e. The van der Waals surface area contributed by atoms with Crippen molar-refractivity contribution in [3.05, 3.63) is 47.5 Å². The molecule has 0 amide bonds. The van der Waals surface area contributed by atoms with E-state index in [2.05, 4.69) is 30.6 Å². The summed E-state index contributed by atoms with van der Waals surface area (Å²) in [4.78, 5) is 11.1. The lowest BCUT2D eigenvalue weighted by Gasteiger charge is -1.94. The monoisotopic (exact) mass is 278 g/mol. The maximum absolute atomic E-state index is 11.1. The smallest absolute Gasteiger partial charge is 0.159 e. The van der Waals surface area contributed by atoms with E-state index in [1.54, 1.807) is 31.2 Å². The molecule has 1 nitrogen and oxygen atoms in total. The third-order valence-electron chi connectivity index (χ3n) is 3.02. The average Bonchev–Trinajstić information content (AvgIpc) is 2.49. The highest BCUT2D eigenvalue weighted by molar-refractivity contribution is 5.94. The zero-order valence-electron chi connectivity index (χ0n) is 12.9. The van der Waals surface area contributed by atoms with Crippen molar-refractivity contribution in [1.82, 2.24) is 0 Å². The third kappa shape index (κ3) is 7.81. The SMILES string of the molecule is CCCCCCC#C/C=C\C#Cc1ccc(C(C)=O)cc1. The second kappa shape index (κ2) is 10.5. The summed E-state index contributed by atoms with van der Waals surface area (Å²) in [6.07, 6.45) is 9.52. The highest BCUT2D eigenvalue weighted by Crippen LogP contribution is 2.03. The maximum atomic E-state index is 11.1. The fourth-order valence-corrected chi connectivity index (χ4v) is 1.77.